The molecule has 0 amide bonds. The highest BCUT2D eigenvalue weighted by Crippen LogP contribution is 2.30. The Morgan fingerprint density at radius 2 is 2.55 bits per heavy atom. The van der Waals surface area contributed by atoms with Crippen molar-refractivity contribution in [2.75, 3.05) is 6.61 Å². The van der Waals surface area contributed by atoms with Gasteiger partial charge in [-0.25, -0.2) is 4.79 Å². The first kappa shape index (κ1) is 8.36. The van der Waals surface area contributed by atoms with Gasteiger partial charge in [-0.05, 0) is 11.4 Å². The van der Waals surface area contributed by atoms with Crippen LogP contribution in [0.15, 0.2) is 11.4 Å². The Morgan fingerprint density at radius 3 is 3.00 bits per heavy atom. The minimum Gasteiger partial charge on any atom is -0.479 e. The van der Waals surface area contributed by atoms with E-state index in [4.69, 9.17) is 21.4 Å². The van der Waals surface area contributed by atoms with E-state index in [-0.39, 0.29) is 6.61 Å². The van der Waals surface area contributed by atoms with Gasteiger partial charge >= 0.3 is 5.97 Å². The van der Waals surface area contributed by atoms with E-state index in [9.17, 15) is 4.79 Å². The molecule has 5 heteroatoms. The molecule has 0 atom stereocenters. The molecular weight excluding hydrogens is 188 g/mol. The molecule has 0 radical (unpaired) electrons. The molecule has 0 saturated carbocycles. The topological polar surface area (TPSA) is 46.5 Å². The third kappa shape index (κ3) is 2.40. The summed E-state index contributed by atoms with van der Waals surface area (Å²) < 4.78 is 4.83. The fraction of sp³-hybridized carbons (Fsp3) is 0.167. The SMILES string of the molecule is O=C(O)COc1sccc1Cl. The minimum atomic E-state index is -1.01. The van der Waals surface area contributed by atoms with Crippen LogP contribution in [-0.2, 0) is 4.79 Å². The molecule has 1 aromatic rings. The van der Waals surface area contributed by atoms with Crippen molar-refractivity contribution in [1.29, 1.82) is 0 Å². The van der Waals surface area contributed by atoms with Gasteiger partial charge in [0, 0.05) is 0 Å². The zero-order valence-corrected chi connectivity index (χ0v) is 6.98. The number of halogens is 1. The van der Waals surface area contributed by atoms with Gasteiger partial charge in [0.1, 0.15) is 0 Å². The maximum atomic E-state index is 10.0. The Labute approximate surface area is 72.2 Å². The number of carboxylic acid groups (broad SMARTS) is 1. The second-order valence-electron chi connectivity index (χ2n) is 1.74. The first-order valence-electron chi connectivity index (χ1n) is 2.77. The van der Waals surface area contributed by atoms with Gasteiger partial charge in [-0.2, -0.15) is 0 Å². The van der Waals surface area contributed by atoms with Crippen LogP contribution in [0.4, 0.5) is 0 Å². The van der Waals surface area contributed by atoms with Crippen LogP contribution in [-0.4, -0.2) is 17.7 Å². The van der Waals surface area contributed by atoms with E-state index in [1.165, 1.54) is 11.3 Å². The summed E-state index contributed by atoms with van der Waals surface area (Å²) >= 11 is 6.89. The van der Waals surface area contributed by atoms with Crippen LogP contribution in [0, 0.1) is 0 Å². The number of hydrogen-bond acceptors (Lipinski definition) is 3. The van der Waals surface area contributed by atoms with Gasteiger partial charge in [-0.15, -0.1) is 11.3 Å². The quantitative estimate of drug-likeness (QED) is 0.795. The van der Waals surface area contributed by atoms with Crippen LogP contribution in [0.2, 0.25) is 5.02 Å². The maximum Gasteiger partial charge on any atom is 0.341 e. The number of aliphatic carboxylic acids is 1. The van der Waals surface area contributed by atoms with Gasteiger partial charge in [-0.1, -0.05) is 11.6 Å². The van der Waals surface area contributed by atoms with Gasteiger partial charge in [0.15, 0.2) is 11.7 Å². The molecular formula is C6H5ClO3S. The molecule has 1 rings (SSSR count). The lowest BCUT2D eigenvalue weighted by molar-refractivity contribution is -0.139. The lowest BCUT2D eigenvalue weighted by Gasteiger charge is -1.97. The van der Waals surface area contributed by atoms with Crippen LogP contribution < -0.4 is 4.74 Å². The van der Waals surface area contributed by atoms with Gasteiger partial charge in [0.2, 0.25) is 0 Å². The minimum absolute atomic E-state index is 0.347. The highest BCUT2D eigenvalue weighted by atomic mass is 35.5. The standard InChI is InChI=1S/C6H5ClO3S/c7-4-1-2-11-6(4)10-3-5(8)9/h1-2H,3H2,(H,8,9). The Kier molecular flexibility index (Phi) is 2.73. The number of rotatable bonds is 3. The molecule has 0 bridgehead atoms. The number of ether oxygens (including phenoxy) is 1. The first-order valence-corrected chi connectivity index (χ1v) is 4.03. The number of carboxylic acids is 1. The lowest BCUT2D eigenvalue weighted by Crippen LogP contribution is -2.08. The maximum absolute atomic E-state index is 10.0. The second-order valence-corrected chi connectivity index (χ2v) is 3.02. The fourth-order valence-electron chi connectivity index (χ4n) is 0.510. The highest BCUT2D eigenvalue weighted by Gasteiger charge is 2.04. The Hall–Kier alpha value is -0.740. The van der Waals surface area contributed by atoms with Crippen molar-refractivity contribution >= 4 is 28.9 Å². The van der Waals surface area contributed by atoms with Crippen LogP contribution >= 0.6 is 22.9 Å². The van der Waals surface area contributed by atoms with Crippen molar-refractivity contribution in [3.05, 3.63) is 16.5 Å². The first-order chi connectivity index (χ1) is 5.20. The average molecular weight is 193 g/mol. The van der Waals surface area contributed by atoms with Crippen LogP contribution in [0.25, 0.3) is 0 Å². The molecule has 1 heterocycles. The van der Waals surface area contributed by atoms with Gasteiger partial charge in [0.05, 0.1) is 5.02 Å². The number of thiophene rings is 1. The summed E-state index contributed by atoms with van der Waals surface area (Å²) in [5.74, 6) is -1.01. The van der Waals surface area contributed by atoms with Gasteiger partial charge in [-0.3, -0.25) is 0 Å². The number of hydrogen-bond donors (Lipinski definition) is 1. The molecule has 0 saturated heterocycles. The summed E-state index contributed by atoms with van der Waals surface area (Å²) in [6, 6.07) is 1.66. The van der Waals surface area contributed by atoms with Crippen molar-refractivity contribution in [2.45, 2.75) is 0 Å². The van der Waals surface area contributed by atoms with Crippen molar-refractivity contribution in [3.63, 3.8) is 0 Å². The van der Waals surface area contributed by atoms with E-state index in [1.807, 2.05) is 0 Å². The fourth-order valence-corrected chi connectivity index (χ4v) is 1.47. The summed E-state index contributed by atoms with van der Waals surface area (Å²) in [6.45, 7) is -0.347. The predicted molar refractivity (Wildman–Crippen MR) is 42.5 cm³/mol. The van der Waals surface area contributed by atoms with Gasteiger partial charge < -0.3 is 9.84 Å². The monoisotopic (exact) mass is 192 g/mol. The Morgan fingerprint density at radius 1 is 1.82 bits per heavy atom. The molecule has 1 aromatic heterocycles. The van der Waals surface area contributed by atoms with Gasteiger partial charge in [0.25, 0.3) is 0 Å². The molecule has 0 aliphatic heterocycles. The molecule has 0 spiro atoms. The van der Waals surface area contributed by atoms with E-state index in [0.717, 1.165) is 0 Å². The molecule has 11 heavy (non-hydrogen) atoms. The Balaban J connectivity index is 2.51. The van der Waals surface area contributed by atoms with Crippen LogP contribution in [0.1, 0.15) is 0 Å². The van der Waals surface area contributed by atoms with Crippen molar-refractivity contribution < 1.29 is 14.6 Å². The summed E-state index contributed by atoms with van der Waals surface area (Å²) in [4.78, 5) is 10.0. The van der Waals surface area contributed by atoms with Crippen LogP contribution in [0.3, 0.4) is 0 Å². The molecule has 3 nitrogen and oxygen atoms in total. The molecule has 0 aliphatic rings. The second kappa shape index (κ2) is 3.59. The van der Waals surface area contributed by atoms with Crippen molar-refractivity contribution in [3.8, 4) is 5.06 Å². The number of carbonyl (C=O) groups is 1. The molecule has 60 valence electrons. The van der Waals surface area contributed by atoms with Crippen molar-refractivity contribution in [2.24, 2.45) is 0 Å². The molecule has 0 aliphatic carbocycles. The van der Waals surface area contributed by atoms with E-state index in [1.54, 1.807) is 11.4 Å². The molecule has 1 N–H and O–H groups in total. The van der Waals surface area contributed by atoms with E-state index < -0.39 is 5.97 Å². The summed E-state index contributed by atoms with van der Waals surface area (Å²) in [6.07, 6.45) is 0. The summed E-state index contributed by atoms with van der Waals surface area (Å²) in [7, 11) is 0. The summed E-state index contributed by atoms with van der Waals surface area (Å²) in [5.41, 5.74) is 0. The average Bonchev–Trinajstić information content (AvgIpc) is 2.31. The lowest BCUT2D eigenvalue weighted by atomic mass is 10.6. The van der Waals surface area contributed by atoms with E-state index in [2.05, 4.69) is 0 Å². The van der Waals surface area contributed by atoms with Crippen LogP contribution in [0.5, 0.6) is 5.06 Å². The summed E-state index contributed by atoms with van der Waals surface area (Å²) in [5, 5.41) is 10.9. The van der Waals surface area contributed by atoms with Crippen molar-refractivity contribution in [1.82, 2.24) is 0 Å². The molecule has 0 fully saturated rings. The smallest absolute Gasteiger partial charge is 0.341 e. The van der Waals surface area contributed by atoms with E-state index >= 15 is 0 Å². The van der Waals surface area contributed by atoms with E-state index in [0.29, 0.717) is 10.1 Å². The zero-order valence-electron chi connectivity index (χ0n) is 5.41. The zero-order chi connectivity index (χ0) is 8.27. The highest BCUT2D eigenvalue weighted by molar-refractivity contribution is 7.12. The largest absolute Gasteiger partial charge is 0.479 e. The third-order valence-electron chi connectivity index (χ3n) is 0.911. The predicted octanol–water partition coefficient (Wildman–Crippen LogP) is 1.86. The third-order valence-corrected chi connectivity index (χ3v) is 2.14. The molecule has 0 unspecified atom stereocenters. The Bertz CT molecular complexity index is 258. The molecule has 0 aromatic carbocycles. The normalized spacial score (nSPS) is 9.55.